The van der Waals surface area contributed by atoms with E-state index in [9.17, 15) is 4.79 Å². The van der Waals surface area contributed by atoms with Gasteiger partial charge in [0.1, 0.15) is 11.2 Å². The molecule has 0 amide bonds. The predicted octanol–water partition coefficient (Wildman–Crippen LogP) is 2.00. The molecule has 4 heteroatoms. The van der Waals surface area contributed by atoms with E-state index in [1.165, 1.54) is 0 Å². The van der Waals surface area contributed by atoms with Crippen molar-refractivity contribution in [2.75, 3.05) is 13.2 Å². The van der Waals surface area contributed by atoms with Crippen LogP contribution in [0.3, 0.4) is 0 Å². The van der Waals surface area contributed by atoms with Gasteiger partial charge in [-0.15, -0.1) is 0 Å². The van der Waals surface area contributed by atoms with Crippen molar-refractivity contribution in [1.29, 1.82) is 0 Å². The van der Waals surface area contributed by atoms with Crippen LogP contribution in [0.25, 0.3) is 0 Å². The molecule has 4 nitrogen and oxygen atoms in total. The van der Waals surface area contributed by atoms with Crippen molar-refractivity contribution in [1.82, 2.24) is 0 Å². The van der Waals surface area contributed by atoms with Crippen LogP contribution < -0.4 is 0 Å². The van der Waals surface area contributed by atoms with Gasteiger partial charge in [0.2, 0.25) is 0 Å². The van der Waals surface area contributed by atoms with E-state index in [0.717, 1.165) is 0 Å². The van der Waals surface area contributed by atoms with E-state index < -0.39 is 22.4 Å². The summed E-state index contributed by atoms with van der Waals surface area (Å²) in [5, 5.41) is 0. The van der Waals surface area contributed by atoms with Crippen molar-refractivity contribution in [3.63, 3.8) is 0 Å². The van der Waals surface area contributed by atoms with E-state index in [1.54, 1.807) is 6.08 Å². The van der Waals surface area contributed by atoms with Crippen LogP contribution >= 0.6 is 0 Å². The summed E-state index contributed by atoms with van der Waals surface area (Å²) in [6, 6.07) is 0. The fourth-order valence-corrected chi connectivity index (χ4v) is 3.14. The number of hydrogen-bond donors (Lipinski definition) is 0. The number of carbonyl (C=O) groups excluding carboxylic acids is 1. The Morgan fingerprint density at radius 2 is 1.74 bits per heavy atom. The highest BCUT2D eigenvalue weighted by molar-refractivity contribution is 5.98. The molecule has 0 spiro atoms. The van der Waals surface area contributed by atoms with Gasteiger partial charge < -0.3 is 14.2 Å². The summed E-state index contributed by atoms with van der Waals surface area (Å²) in [6.07, 6.45) is 7.30. The normalized spacial score (nSPS) is 42.6. The van der Waals surface area contributed by atoms with Crippen molar-refractivity contribution in [2.45, 2.75) is 44.7 Å². The van der Waals surface area contributed by atoms with Crippen LogP contribution in [-0.2, 0) is 19.0 Å². The molecule has 0 N–H and O–H groups in total. The van der Waals surface area contributed by atoms with Crippen LogP contribution in [0.4, 0.5) is 0 Å². The van der Waals surface area contributed by atoms with Crippen LogP contribution in [0, 0.1) is 5.41 Å². The zero-order valence-electron chi connectivity index (χ0n) is 11.9. The first-order chi connectivity index (χ1) is 8.75. The molecule has 19 heavy (non-hydrogen) atoms. The molecule has 2 unspecified atom stereocenters. The zero-order valence-corrected chi connectivity index (χ0v) is 11.9. The molecule has 0 aromatic heterocycles. The molecule has 0 radical (unpaired) electrons. The third-order valence-corrected chi connectivity index (χ3v) is 4.65. The number of epoxide rings is 1. The largest absolute Gasteiger partial charge is 0.353 e. The minimum Gasteiger partial charge on any atom is -0.353 e. The van der Waals surface area contributed by atoms with E-state index in [2.05, 4.69) is 0 Å². The fourth-order valence-electron chi connectivity index (χ4n) is 3.14. The van der Waals surface area contributed by atoms with Crippen molar-refractivity contribution < 1.29 is 19.0 Å². The third kappa shape index (κ3) is 1.60. The summed E-state index contributed by atoms with van der Waals surface area (Å²) in [5.41, 5.74) is -1.58. The summed E-state index contributed by atoms with van der Waals surface area (Å²) < 4.78 is 17.0. The zero-order chi connectivity index (χ0) is 13.9. The van der Waals surface area contributed by atoms with Crippen molar-refractivity contribution in [3.05, 3.63) is 24.3 Å². The van der Waals surface area contributed by atoms with Gasteiger partial charge in [-0.25, -0.2) is 0 Å². The molecular formula is C15H20O4. The molecule has 3 rings (SSSR count). The lowest BCUT2D eigenvalue weighted by atomic mass is 9.66. The Balaban J connectivity index is 1.94. The van der Waals surface area contributed by atoms with E-state index in [0.29, 0.717) is 13.2 Å². The number of allylic oxidation sites excluding steroid dienone is 1. The molecule has 3 aliphatic rings. The lowest BCUT2D eigenvalue weighted by Crippen LogP contribution is -2.45. The van der Waals surface area contributed by atoms with E-state index >= 15 is 0 Å². The Hall–Kier alpha value is -0.970. The molecule has 2 fully saturated rings. The number of ketones is 1. The van der Waals surface area contributed by atoms with Gasteiger partial charge in [-0.3, -0.25) is 4.79 Å². The molecule has 2 aliphatic heterocycles. The predicted molar refractivity (Wildman–Crippen MR) is 69.6 cm³/mol. The number of fused-ring (bicyclic) bond motifs is 1. The van der Waals surface area contributed by atoms with Crippen LogP contribution in [-0.4, -0.2) is 36.0 Å². The second-order valence-electron chi connectivity index (χ2n) is 6.31. The van der Waals surface area contributed by atoms with Gasteiger partial charge in [-0.2, -0.15) is 0 Å². The highest BCUT2D eigenvalue weighted by Gasteiger charge is 2.74. The Labute approximate surface area is 113 Å². The SMILES string of the molecule is CC1(/C=C/C23OC2(C)C=CC(=O)C3(C)C)OCCO1. The highest BCUT2D eigenvalue weighted by atomic mass is 16.7. The van der Waals surface area contributed by atoms with Crippen molar-refractivity contribution >= 4 is 5.78 Å². The maximum atomic E-state index is 12.1. The molecule has 0 saturated carbocycles. The molecule has 2 atom stereocenters. The van der Waals surface area contributed by atoms with Crippen molar-refractivity contribution in [3.8, 4) is 0 Å². The van der Waals surface area contributed by atoms with Gasteiger partial charge in [-0.1, -0.05) is 0 Å². The molecular weight excluding hydrogens is 244 g/mol. The second-order valence-corrected chi connectivity index (χ2v) is 6.31. The summed E-state index contributed by atoms with van der Waals surface area (Å²) in [5.74, 6) is -0.618. The smallest absolute Gasteiger partial charge is 0.185 e. The van der Waals surface area contributed by atoms with Crippen LogP contribution in [0.15, 0.2) is 24.3 Å². The molecule has 104 valence electrons. The number of ether oxygens (including phenoxy) is 3. The molecule has 2 heterocycles. The average molecular weight is 264 g/mol. The number of carbonyl (C=O) groups is 1. The highest BCUT2D eigenvalue weighted by Crippen LogP contribution is 2.62. The molecule has 0 aromatic rings. The summed E-state index contributed by atoms with van der Waals surface area (Å²) in [6.45, 7) is 8.91. The third-order valence-electron chi connectivity index (χ3n) is 4.65. The maximum absolute atomic E-state index is 12.1. The van der Waals surface area contributed by atoms with Gasteiger partial charge in [0, 0.05) is 0 Å². The Bertz CT molecular complexity index is 484. The van der Waals surface area contributed by atoms with Crippen LogP contribution in [0.2, 0.25) is 0 Å². The van der Waals surface area contributed by atoms with Gasteiger partial charge in [-0.05, 0) is 52.0 Å². The quantitative estimate of drug-likeness (QED) is 0.565. The molecule has 2 saturated heterocycles. The summed E-state index contributed by atoms with van der Waals surface area (Å²) in [7, 11) is 0. The second kappa shape index (κ2) is 3.57. The van der Waals surface area contributed by atoms with E-state index in [-0.39, 0.29) is 5.78 Å². The van der Waals surface area contributed by atoms with Crippen LogP contribution in [0.5, 0.6) is 0 Å². The first kappa shape index (κ1) is 13.0. The molecule has 1 aliphatic carbocycles. The molecule has 0 aromatic carbocycles. The Kier molecular flexibility index (Phi) is 2.45. The van der Waals surface area contributed by atoms with Gasteiger partial charge in [0.25, 0.3) is 0 Å². The lowest BCUT2D eigenvalue weighted by Gasteiger charge is -2.32. The average Bonchev–Trinajstić information content (AvgIpc) is 2.74. The van der Waals surface area contributed by atoms with Gasteiger partial charge in [0.15, 0.2) is 11.6 Å². The number of rotatable bonds is 2. The number of hydrogen-bond acceptors (Lipinski definition) is 4. The standard InChI is InChI=1S/C15H20O4/c1-12(2)11(16)5-6-13(3)15(12,19-13)8-7-14(4)17-9-10-18-14/h5-8H,9-10H2,1-4H3/b8-7+. The summed E-state index contributed by atoms with van der Waals surface area (Å²) in [4.78, 5) is 12.1. The minimum atomic E-state index is -0.706. The van der Waals surface area contributed by atoms with Gasteiger partial charge >= 0.3 is 0 Å². The monoisotopic (exact) mass is 264 g/mol. The first-order valence-electron chi connectivity index (χ1n) is 6.67. The van der Waals surface area contributed by atoms with Crippen LogP contribution in [0.1, 0.15) is 27.7 Å². The first-order valence-corrected chi connectivity index (χ1v) is 6.67. The minimum absolute atomic E-state index is 0.0885. The Morgan fingerprint density at radius 3 is 2.37 bits per heavy atom. The topological polar surface area (TPSA) is 48.1 Å². The molecule has 0 bridgehead atoms. The Morgan fingerprint density at radius 1 is 1.11 bits per heavy atom. The maximum Gasteiger partial charge on any atom is 0.185 e. The van der Waals surface area contributed by atoms with E-state index in [1.807, 2.05) is 45.9 Å². The summed E-state index contributed by atoms with van der Waals surface area (Å²) >= 11 is 0. The van der Waals surface area contributed by atoms with E-state index in [4.69, 9.17) is 14.2 Å². The fraction of sp³-hybridized carbons (Fsp3) is 0.667. The van der Waals surface area contributed by atoms with Crippen molar-refractivity contribution in [2.24, 2.45) is 5.41 Å². The van der Waals surface area contributed by atoms with Gasteiger partial charge in [0.05, 0.1) is 18.6 Å². The lowest BCUT2D eigenvalue weighted by molar-refractivity contribution is -0.125.